The van der Waals surface area contributed by atoms with Crippen LogP contribution in [0.15, 0.2) is 24.3 Å². The summed E-state index contributed by atoms with van der Waals surface area (Å²) < 4.78 is 7.06. The smallest absolute Gasteiger partial charge is 0.313 e. The Hall–Kier alpha value is -1.77. The highest BCUT2D eigenvalue weighted by Gasteiger charge is 2.25. The summed E-state index contributed by atoms with van der Waals surface area (Å²) in [5.41, 5.74) is 3.39. The molecule has 1 unspecified atom stereocenters. The van der Waals surface area contributed by atoms with Gasteiger partial charge in [0.1, 0.15) is 0 Å². The van der Waals surface area contributed by atoms with E-state index in [1.54, 1.807) is 0 Å². The zero-order valence-electron chi connectivity index (χ0n) is 11.4. The van der Waals surface area contributed by atoms with Crippen molar-refractivity contribution in [1.82, 2.24) is 4.57 Å². The predicted octanol–water partition coefficient (Wildman–Crippen LogP) is 3.15. The normalized spacial score (nSPS) is 12.7. The van der Waals surface area contributed by atoms with Gasteiger partial charge in [0.25, 0.3) is 0 Å². The molecule has 96 valence electrons. The van der Waals surface area contributed by atoms with Gasteiger partial charge in [0.2, 0.25) is 0 Å². The van der Waals surface area contributed by atoms with Crippen LogP contribution in [0.25, 0.3) is 10.9 Å². The van der Waals surface area contributed by atoms with Gasteiger partial charge >= 0.3 is 5.97 Å². The Bertz CT molecular complexity index is 583. The molecule has 1 aromatic heterocycles. The van der Waals surface area contributed by atoms with Gasteiger partial charge in [-0.05, 0) is 25.0 Å². The lowest BCUT2D eigenvalue weighted by Crippen LogP contribution is -2.14. The number of benzene rings is 1. The molecule has 0 spiro atoms. The maximum Gasteiger partial charge on any atom is 0.313 e. The lowest BCUT2D eigenvalue weighted by Gasteiger charge is -2.13. The van der Waals surface area contributed by atoms with Crippen LogP contribution in [-0.2, 0) is 16.6 Å². The van der Waals surface area contributed by atoms with Gasteiger partial charge in [-0.3, -0.25) is 4.79 Å². The number of carbonyl (C=O) groups excluding carboxylic acids is 1. The molecule has 2 aromatic rings. The first kappa shape index (κ1) is 12.7. The molecule has 0 aliphatic rings. The van der Waals surface area contributed by atoms with Crippen molar-refractivity contribution in [2.24, 2.45) is 7.05 Å². The van der Waals surface area contributed by atoms with Crippen LogP contribution in [0, 0.1) is 6.92 Å². The van der Waals surface area contributed by atoms with Gasteiger partial charge in [-0.2, -0.15) is 0 Å². The third-order valence-electron chi connectivity index (χ3n) is 3.69. The quantitative estimate of drug-likeness (QED) is 0.778. The molecule has 3 heteroatoms. The minimum Gasteiger partial charge on any atom is -0.469 e. The zero-order valence-corrected chi connectivity index (χ0v) is 11.4. The van der Waals surface area contributed by atoms with Crippen LogP contribution in [0.1, 0.15) is 30.5 Å². The molecule has 0 fully saturated rings. The summed E-state index contributed by atoms with van der Waals surface area (Å²) in [5, 5.41) is 1.15. The van der Waals surface area contributed by atoms with Crippen molar-refractivity contribution >= 4 is 16.9 Å². The largest absolute Gasteiger partial charge is 0.469 e. The predicted molar refractivity (Wildman–Crippen MR) is 72.7 cm³/mol. The van der Waals surface area contributed by atoms with Crippen LogP contribution in [0.2, 0.25) is 0 Å². The van der Waals surface area contributed by atoms with Crippen molar-refractivity contribution in [3.63, 3.8) is 0 Å². The molecule has 18 heavy (non-hydrogen) atoms. The molecular weight excluding hydrogens is 226 g/mol. The van der Waals surface area contributed by atoms with E-state index in [0.29, 0.717) is 0 Å². The molecule has 2 rings (SSSR count). The number of hydrogen-bond acceptors (Lipinski definition) is 2. The molecule has 0 N–H and O–H groups in total. The van der Waals surface area contributed by atoms with Gasteiger partial charge in [-0.1, -0.05) is 25.1 Å². The van der Waals surface area contributed by atoms with Gasteiger partial charge in [-0.25, -0.2) is 0 Å². The van der Waals surface area contributed by atoms with E-state index in [1.807, 2.05) is 26.1 Å². The Morgan fingerprint density at radius 2 is 2.06 bits per heavy atom. The summed E-state index contributed by atoms with van der Waals surface area (Å²) in [6.45, 7) is 4.07. The number of methoxy groups -OCH3 is 1. The van der Waals surface area contributed by atoms with Crippen LogP contribution in [-0.4, -0.2) is 17.6 Å². The lowest BCUT2D eigenvalue weighted by molar-refractivity contribution is -0.142. The number of aromatic nitrogens is 1. The molecule has 0 radical (unpaired) electrons. The molecule has 0 saturated carbocycles. The monoisotopic (exact) mass is 245 g/mol. The van der Waals surface area contributed by atoms with Crippen LogP contribution in [0.5, 0.6) is 0 Å². The van der Waals surface area contributed by atoms with E-state index in [2.05, 4.69) is 23.6 Å². The maximum atomic E-state index is 11.9. The van der Waals surface area contributed by atoms with Crippen LogP contribution in [0.4, 0.5) is 0 Å². The lowest BCUT2D eigenvalue weighted by atomic mass is 9.94. The number of nitrogens with zero attached hydrogens (tertiary/aromatic N) is 1. The van der Waals surface area contributed by atoms with Gasteiger partial charge in [0, 0.05) is 23.6 Å². The number of hydrogen-bond donors (Lipinski definition) is 0. The van der Waals surface area contributed by atoms with Gasteiger partial charge in [0.15, 0.2) is 0 Å². The summed E-state index contributed by atoms with van der Waals surface area (Å²) in [7, 11) is 3.48. The fraction of sp³-hybridized carbons (Fsp3) is 0.400. The molecule has 1 aromatic carbocycles. The van der Waals surface area contributed by atoms with Crippen molar-refractivity contribution in [2.45, 2.75) is 26.2 Å². The van der Waals surface area contributed by atoms with E-state index >= 15 is 0 Å². The number of rotatable bonds is 3. The highest BCUT2D eigenvalue weighted by Crippen LogP contribution is 2.33. The first-order valence-corrected chi connectivity index (χ1v) is 6.23. The Morgan fingerprint density at radius 3 is 2.67 bits per heavy atom. The molecule has 1 heterocycles. The number of para-hydroxylation sites is 1. The summed E-state index contributed by atoms with van der Waals surface area (Å²) in [5.74, 6) is -0.335. The Labute approximate surface area is 107 Å². The van der Waals surface area contributed by atoms with Crippen molar-refractivity contribution < 1.29 is 9.53 Å². The summed E-state index contributed by atoms with van der Waals surface area (Å²) in [4.78, 5) is 11.9. The highest BCUT2D eigenvalue weighted by atomic mass is 16.5. The van der Waals surface area contributed by atoms with Gasteiger partial charge in [-0.15, -0.1) is 0 Å². The summed E-state index contributed by atoms with van der Waals surface area (Å²) in [6, 6.07) is 8.18. The number of aryl methyl sites for hydroxylation is 1. The molecular formula is C15H19NO2. The molecule has 1 atom stereocenters. The van der Waals surface area contributed by atoms with E-state index in [1.165, 1.54) is 7.11 Å². The van der Waals surface area contributed by atoms with E-state index < -0.39 is 0 Å². The second-order valence-corrected chi connectivity index (χ2v) is 4.56. The van der Waals surface area contributed by atoms with Crippen LogP contribution in [0.3, 0.4) is 0 Å². The van der Waals surface area contributed by atoms with Crippen molar-refractivity contribution in [3.8, 4) is 0 Å². The number of ether oxygens (including phenoxy) is 1. The average molecular weight is 245 g/mol. The summed E-state index contributed by atoms with van der Waals surface area (Å²) in [6.07, 6.45) is 0.752. The average Bonchev–Trinajstić information content (AvgIpc) is 2.65. The molecule has 0 bridgehead atoms. The van der Waals surface area contributed by atoms with Crippen molar-refractivity contribution in [1.29, 1.82) is 0 Å². The van der Waals surface area contributed by atoms with E-state index in [0.717, 1.165) is 28.6 Å². The number of esters is 1. The van der Waals surface area contributed by atoms with Crippen LogP contribution < -0.4 is 0 Å². The second-order valence-electron chi connectivity index (χ2n) is 4.56. The van der Waals surface area contributed by atoms with Gasteiger partial charge < -0.3 is 9.30 Å². The molecule has 3 nitrogen and oxygen atoms in total. The zero-order chi connectivity index (χ0) is 13.3. The van der Waals surface area contributed by atoms with E-state index in [9.17, 15) is 4.79 Å². The first-order chi connectivity index (χ1) is 8.61. The number of fused-ring (bicyclic) bond motifs is 1. The fourth-order valence-electron chi connectivity index (χ4n) is 2.62. The third kappa shape index (κ3) is 1.80. The SMILES string of the molecule is CCC(C(=O)OC)c1c(C)n(C)c2ccccc12. The standard InChI is InChI=1S/C15H19NO2/c1-5-11(15(17)18-4)14-10(2)16(3)13-9-7-6-8-12(13)14/h6-9,11H,5H2,1-4H3. The Kier molecular flexibility index (Phi) is 3.41. The Morgan fingerprint density at radius 1 is 1.39 bits per heavy atom. The minimum absolute atomic E-state index is 0.156. The molecule has 0 amide bonds. The highest BCUT2D eigenvalue weighted by molar-refractivity contribution is 5.91. The molecule has 0 aliphatic carbocycles. The van der Waals surface area contributed by atoms with Crippen molar-refractivity contribution in [3.05, 3.63) is 35.5 Å². The third-order valence-corrected chi connectivity index (χ3v) is 3.69. The van der Waals surface area contributed by atoms with Crippen molar-refractivity contribution in [2.75, 3.05) is 7.11 Å². The minimum atomic E-state index is -0.180. The summed E-state index contributed by atoms with van der Waals surface area (Å²) >= 11 is 0. The van der Waals surface area contributed by atoms with Crippen LogP contribution >= 0.6 is 0 Å². The molecule has 0 aliphatic heterocycles. The van der Waals surface area contributed by atoms with E-state index in [-0.39, 0.29) is 11.9 Å². The van der Waals surface area contributed by atoms with Gasteiger partial charge in [0.05, 0.1) is 13.0 Å². The number of carbonyl (C=O) groups is 1. The fourth-order valence-corrected chi connectivity index (χ4v) is 2.62. The topological polar surface area (TPSA) is 31.2 Å². The second kappa shape index (κ2) is 4.84. The first-order valence-electron chi connectivity index (χ1n) is 6.23. The maximum absolute atomic E-state index is 11.9. The van der Waals surface area contributed by atoms with E-state index in [4.69, 9.17) is 4.74 Å². The Balaban J connectivity index is 2.69. The molecule has 0 saturated heterocycles.